The lowest BCUT2D eigenvalue weighted by molar-refractivity contribution is -0.121. The van der Waals surface area contributed by atoms with E-state index in [2.05, 4.69) is 38.0 Å². The third kappa shape index (κ3) is 3.32. The molecule has 0 spiro atoms. The first kappa shape index (κ1) is 17.3. The zero-order chi connectivity index (χ0) is 18.8. The number of benzene rings is 1. The summed E-state index contributed by atoms with van der Waals surface area (Å²) in [6, 6.07) is 8.27. The van der Waals surface area contributed by atoms with Crippen LogP contribution in [0.2, 0.25) is 0 Å². The zero-order valence-electron chi connectivity index (χ0n) is 15.5. The van der Waals surface area contributed by atoms with E-state index >= 15 is 0 Å². The number of carbonyl (C=O) groups excluding carboxylic acids is 1. The number of rotatable bonds is 4. The van der Waals surface area contributed by atoms with Crippen LogP contribution >= 0.6 is 0 Å². The van der Waals surface area contributed by atoms with E-state index in [1.54, 1.807) is 4.68 Å². The molecular weight excluding hydrogens is 340 g/mol. The third-order valence-electron chi connectivity index (χ3n) is 5.12. The Morgan fingerprint density at radius 2 is 2.00 bits per heavy atom. The maximum Gasteiger partial charge on any atom is 0.220 e. The van der Waals surface area contributed by atoms with Crippen LogP contribution in [0, 0.1) is 0 Å². The highest BCUT2D eigenvalue weighted by molar-refractivity contribution is 5.77. The van der Waals surface area contributed by atoms with E-state index in [1.807, 2.05) is 38.5 Å². The quantitative estimate of drug-likeness (QED) is 0.771. The van der Waals surface area contributed by atoms with Crippen LogP contribution in [0.5, 0.6) is 0 Å². The number of hydrogen-bond donors (Lipinski definition) is 1. The molecule has 0 fully saturated rings. The smallest absolute Gasteiger partial charge is 0.220 e. The topological polar surface area (TPSA) is 85.6 Å². The average molecular weight is 362 g/mol. The molecule has 0 unspecified atom stereocenters. The molecule has 1 amide bonds. The van der Waals surface area contributed by atoms with Crippen molar-refractivity contribution in [3.05, 3.63) is 47.8 Å². The lowest BCUT2D eigenvalue weighted by Gasteiger charge is -2.27. The first-order valence-corrected chi connectivity index (χ1v) is 9.26. The molecule has 0 saturated carbocycles. The second-order valence-corrected chi connectivity index (χ2v) is 6.82. The molecule has 1 aliphatic rings. The Morgan fingerprint density at radius 1 is 1.22 bits per heavy atom. The van der Waals surface area contributed by atoms with Gasteiger partial charge in [0, 0.05) is 37.0 Å². The lowest BCUT2D eigenvalue weighted by atomic mass is 9.84. The molecule has 7 heteroatoms. The number of carbonyl (C=O) groups is 1. The van der Waals surface area contributed by atoms with Crippen LogP contribution in [-0.4, -0.2) is 31.1 Å². The van der Waals surface area contributed by atoms with Crippen molar-refractivity contribution < 1.29 is 4.79 Å². The Kier molecular flexibility index (Phi) is 4.66. The van der Waals surface area contributed by atoms with Gasteiger partial charge in [0.05, 0.1) is 6.04 Å². The van der Waals surface area contributed by atoms with E-state index in [0.29, 0.717) is 6.42 Å². The van der Waals surface area contributed by atoms with Gasteiger partial charge in [-0.1, -0.05) is 31.2 Å². The van der Waals surface area contributed by atoms with Crippen molar-refractivity contribution in [2.75, 3.05) is 0 Å². The molecule has 1 atom stereocenters. The summed E-state index contributed by atoms with van der Waals surface area (Å²) in [6.07, 6.45) is 7.33. The Labute approximate surface area is 157 Å². The van der Waals surface area contributed by atoms with E-state index in [4.69, 9.17) is 0 Å². The molecule has 0 aliphatic heterocycles. The molecule has 2 heterocycles. The second-order valence-electron chi connectivity index (χ2n) is 6.82. The van der Waals surface area contributed by atoms with Gasteiger partial charge < -0.3 is 5.32 Å². The fourth-order valence-corrected chi connectivity index (χ4v) is 3.69. The molecular formula is C20H22N6O. The summed E-state index contributed by atoms with van der Waals surface area (Å²) in [4.78, 5) is 16.3. The summed E-state index contributed by atoms with van der Waals surface area (Å²) in [5.74, 6) is 0.817. The van der Waals surface area contributed by atoms with E-state index in [1.165, 1.54) is 5.56 Å². The first-order valence-electron chi connectivity index (χ1n) is 9.26. The molecule has 2 aromatic heterocycles. The SMILES string of the molecule is CCC(=O)N[C@@H]1CCCc2c(-c3ccc(-c4nnnn4C)cc3)cncc21. The molecule has 27 heavy (non-hydrogen) atoms. The van der Waals surface area contributed by atoms with Gasteiger partial charge in [-0.25, -0.2) is 4.68 Å². The number of aryl methyl sites for hydroxylation is 1. The van der Waals surface area contributed by atoms with Crippen LogP contribution in [0.25, 0.3) is 22.5 Å². The fraction of sp³-hybridized carbons (Fsp3) is 0.350. The molecule has 4 rings (SSSR count). The summed E-state index contributed by atoms with van der Waals surface area (Å²) >= 11 is 0. The fourth-order valence-electron chi connectivity index (χ4n) is 3.69. The van der Waals surface area contributed by atoms with Crippen LogP contribution in [0.3, 0.4) is 0 Å². The zero-order valence-corrected chi connectivity index (χ0v) is 15.5. The van der Waals surface area contributed by atoms with E-state index in [9.17, 15) is 4.79 Å². The van der Waals surface area contributed by atoms with Gasteiger partial charge in [0.25, 0.3) is 0 Å². The van der Waals surface area contributed by atoms with Crippen LogP contribution < -0.4 is 5.32 Å². The van der Waals surface area contributed by atoms with Gasteiger partial charge in [-0.3, -0.25) is 9.78 Å². The summed E-state index contributed by atoms with van der Waals surface area (Å²) in [5.41, 5.74) is 5.64. The van der Waals surface area contributed by atoms with Crippen molar-refractivity contribution in [2.45, 2.75) is 38.6 Å². The monoisotopic (exact) mass is 362 g/mol. The Hall–Kier alpha value is -3.09. The number of nitrogens with zero attached hydrogens (tertiary/aromatic N) is 5. The van der Waals surface area contributed by atoms with Crippen LogP contribution in [-0.2, 0) is 18.3 Å². The Balaban J connectivity index is 1.68. The third-order valence-corrected chi connectivity index (χ3v) is 5.12. The molecule has 0 bridgehead atoms. The molecule has 1 N–H and O–H groups in total. The van der Waals surface area contributed by atoms with Crippen LogP contribution in [0.15, 0.2) is 36.7 Å². The summed E-state index contributed by atoms with van der Waals surface area (Å²) in [7, 11) is 1.82. The highest BCUT2D eigenvalue weighted by Crippen LogP contribution is 2.36. The lowest BCUT2D eigenvalue weighted by Crippen LogP contribution is -2.30. The molecule has 0 saturated heterocycles. The summed E-state index contributed by atoms with van der Waals surface area (Å²) < 4.78 is 1.65. The molecule has 1 aromatic carbocycles. The van der Waals surface area contributed by atoms with Crippen molar-refractivity contribution in [3.63, 3.8) is 0 Å². The Morgan fingerprint density at radius 3 is 2.70 bits per heavy atom. The van der Waals surface area contributed by atoms with E-state index in [0.717, 1.165) is 47.3 Å². The predicted octanol–water partition coefficient (Wildman–Crippen LogP) is 2.84. The van der Waals surface area contributed by atoms with Crippen molar-refractivity contribution in [1.82, 2.24) is 30.5 Å². The predicted molar refractivity (Wildman–Crippen MR) is 102 cm³/mol. The highest BCUT2D eigenvalue weighted by Gasteiger charge is 2.24. The first-order chi connectivity index (χ1) is 13.2. The Bertz CT molecular complexity index is 963. The largest absolute Gasteiger partial charge is 0.349 e. The van der Waals surface area contributed by atoms with Crippen molar-refractivity contribution in [2.24, 2.45) is 7.05 Å². The van der Waals surface area contributed by atoms with Crippen LogP contribution in [0.4, 0.5) is 0 Å². The minimum atomic E-state index is 0.0534. The minimum absolute atomic E-state index is 0.0534. The number of hydrogen-bond acceptors (Lipinski definition) is 5. The molecule has 1 aliphatic carbocycles. The number of aromatic nitrogens is 5. The normalized spacial score (nSPS) is 16.0. The van der Waals surface area contributed by atoms with Crippen molar-refractivity contribution >= 4 is 5.91 Å². The highest BCUT2D eigenvalue weighted by atomic mass is 16.1. The molecule has 7 nitrogen and oxygen atoms in total. The molecule has 3 aromatic rings. The van der Waals surface area contributed by atoms with Gasteiger partial charge in [-0.2, -0.15) is 0 Å². The van der Waals surface area contributed by atoms with Crippen molar-refractivity contribution in [1.29, 1.82) is 0 Å². The standard InChI is InChI=1S/C20H22N6O/c1-3-19(27)22-18-6-4-5-15-16(11-21-12-17(15)18)13-7-9-14(10-8-13)20-23-24-25-26(20)2/h7-12,18H,3-6H2,1-2H3,(H,22,27)/t18-/m1/s1. The summed E-state index contributed by atoms with van der Waals surface area (Å²) in [6.45, 7) is 1.88. The maximum absolute atomic E-state index is 11.9. The van der Waals surface area contributed by atoms with Gasteiger partial charge in [-0.05, 0) is 46.4 Å². The van der Waals surface area contributed by atoms with Crippen molar-refractivity contribution in [3.8, 4) is 22.5 Å². The number of fused-ring (bicyclic) bond motifs is 1. The number of tetrazole rings is 1. The average Bonchev–Trinajstić information content (AvgIpc) is 3.14. The van der Waals surface area contributed by atoms with Gasteiger partial charge in [0.15, 0.2) is 5.82 Å². The number of nitrogens with one attached hydrogen (secondary N) is 1. The minimum Gasteiger partial charge on any atom is -0.349 e. The molecule has 0 radical (unpaired) electrons. The maximum atomic E-state index is 11.9. The van der Waals surface area contributed by atoms with E-state index < -0.39 is 0 Å². The van der Waals surface area contributed by atoms with E-state index in [-0.39, 0.29) is 11.9 Å². The van der Waals surface area contributed by atoms with Crippen LogP contribution in [0.1, 0.15) is 43.4 Å². The number of pyridine rings is 1. The van der Waals surface area contributed by atoms with Gasteiger partial charge in [0.2, 0.25) is 5.91 Å². The van der Waals surface area contributed by atoms with Gasteiger partial charge in [-0.15, -0.1) is 5.10 Å². The number of amides is 1. The van der Waals surface area contributed by atoms with Gasteiger partial charge >= 0.3 is 0 Å². The van der Waals surface area contributed by atoms with Gasteiger partial charge in [0.1, 0.15) is 0 Å². The summed E-state index contributed by atoms with van der Waals surface area (Å²) in [5, 5.41) is 14.8. The molecule has 138 valence electrons. The second kappa shape index (κ2) is 7.26.